The average Bonchev–Trinajstić information content (AvgIpc) is 3.25. The minimum absolute atomic E-state index is 0.215. The predicted molar refractivity (Wildman–Crippen MR) is 113 cm³/mol. The SMILES string of the molecule is CCCc1cc(CCc2ccc(F)cc2)cc(C(=O)NCc2ccco2)c1C(N)=O. The summed E-state index contributed by atoms with van der Waals surface area (Å²) in [6, 6.07) is 13.5. The summed E-state index contributed by atoms with van der Waals surface area (Å²) in [4.78, 5) is 25.0. The molecule has 3 N–H and O–H groups in total. The second kappa shape index (κ2) is 9.87. The molecule has 0 saturated heterocycles. The van der Waals surface area contributed by atoms with Crippen LogP contribution in [0, 0.1) is 5.82 Å². The van der Waals surface area contributed by atoms with Gasteiger partial charge in [0.15, 0.2) is 0 Å². The Morgan fingerprint density at radius 3 is 2.40 bits per heavy atom. The molecule has 3 aromatic rings. The van der Waals surface area contributed by atoms with Crippen molar-refractivity contribution in [3.8, 4) is 0 Å². The first kappa shape index (κ1) is 21.3. The van der Waals surface area contributed by atoms with Crippen LogP contribution in [0.1, 0.15) is 56.5 Å². The first-order chi connectivity index (χ1) is 14.5. The zero-order chi connectivity index (χ0) is 21.5. The van der Waals surface area contributed by atoms with Crippen LogP contribution in [0.15, 0.2) is 59.2 Å². The van der Waals surface area contributed by atoms with E-state index in [2.05, 4.69) is 5.32 Å². The monoisotopic (exact) mass is 408 g/mol. The van der Waals surface area contributed by atoms with Crippen LogP contribution in [0.2, 0.25) is 0 Å². The van der Waals surface area contributed by atoms with E-state index in [1.165, 1.54) is 18.4 Å². The van der Waals surface area contributed by atoms with Gasteiger partial charge in [-0.2, -0.15) is 0 Å². The molecular weight excluding hydrogens is 383 g/mol. The number of benzene rings is 2. The fourth-order valence-corrected chi connectivity index (χ4v) is 3.46. The van der Waals surface area contributed by atoms with Crippen molar-refractivity contribution >= 4 is 11.8 Å². The summed E-state index contributed by atoms with van der Waals surface area (Å²) in [5.41, 5.74) is 8.86. The topological polar surface area (TPSA) is 85.3 Å². The fourth-order valence-electron chi connectivity index (χ4n) is 3.46. The van der Waals surface area contributed by atoms with Crippen molar-refractivity contribution in [2.45, 2.75) is 39.2 Å². The van der Waals surface area contributed by atoms with Gasteiger partial charge in [0.2, 0.25) is 5.91 Å². The van der Waals surface area contributed by atoms with Gasteiger partial charge in [-0.05, 0) is 66.3 Å². The lowest BCUT2D eigenvalue weighted by molar-refractivity contribution is 0.0931. The van der Waals surface area contributed by atoms with Crippen molar-refractivity contribution in [1.29, 1.82) is 0 Å². The number of carbonyl (C=O) groups is 2. The van der Waals surface area contributed by atoms with Gasteiger partial charge in [0, 0.05) is 0 Å². The van der Waals surface area contributed by atoms with Gasteiger partial charge in [0.25, 0.3) is 5.91 Å². The molecule has 0 radical (unpaired) electrons. The Labute approximate surface area is 175 Å². The number of primary amides is 1. The molecular formula is C24H25FN2O3. The maximum absolute atomic E-state index is 13.1. The van der Waals surface area contributed by atoms with Crippen molar-refractivity contribution < 1.29 is 18.4 Å². The van der Waals surface area contributed by atoms with Crippen LogP contribution in [0.4, 0.5) is 4.39 Å². The third-order valence-corrected chi connectivity index (χ3v) is 4.91. The number of nitrogens with one attached hydrogen (secondary N) is 1. The van der Waals surface area contributed by atoms with Gasteiger partial charge in [-0.15, -0.1) is 0 Å². The van der Waals surface area contributed by atoms with E-state index in [0.29, 0.717) is 25.0 Å². The van der Waals surface area contributed by atoms with E-state index in [1.54, 1.807) is 30.3 Å². The van der Waals surface area contributed by atoms with Crippen LogP contribution in [0.5, 0.6) is 0 Å². The number of furan rings is 1. The Bertz CT molecular complexity index is 1010. The van der Waals surface area contributed by atoms with Gasteiger partial charge in [-0.3, -0.25) is 9.59 Å². The highest BCUT2D eigenvalue weighted by atomic mass is 19.1. The van der Waals surface area contributed by atoms with Crippen LogP contribution in [-0.4, -0.2) is 11.8 Å². The molecule has 0 aliphatic carbocycles. The third kappa shape index (κ3) is 5.35. The van der Waals surface area contributed by atoms with Gasteiger partial charge in [-0.1, -0.05) is 31.5 Å². The summed E-state index contributed by atoms with van der Waals surface area (Å²) in [6.07, 6.45) is 4.33. The number of carbonyl (C=O) groups excluding carboxylic acids is 2. The molecule has 0 saturated carbocycles. The molecule has 1 heterocycles. The predicted octanol–water partition coefficient (Wildman–Crippen LogP) is 4.19. The lowest BCUT2D eigenvalue weighted by Gasteiger charge is -2.15. The van der Waals surface area contributed by atoms with E-state index < -0.39 is 5.91 Å². The van der Waals surface area contributed by atoms with E-state index in [4.69, 9.17) is 10.2 Å². The molecule has 30 heavy (non-hydrogen) atoms. The van der Waals surface area contributed by atoms with Crippen LogP contribution in [0.3, 0.4) is 0 Å². The fraction of sp³-hybridized carbons (Fsp3) is 0.250. The van der Waals surface area contributed by atoms with E-state index in [1.807, 2.05) is 13.0 Å². The molecule has 0 aliphatic heterocycles. The van der Waals surface area contributed by atoms with Gasteiger partial charge < -0.3 is 15.5 Å². The van der Waals surface area contributed by atoms with Crippen molar-refractivity contribution in [3.05, 3.63) is 94.2 Å². The van der Waals surface area contributed by atoms with E-state index >= 15 is 0 Å². The molecule has 0 unspecified atom stereocenters. The number of aryl methyl sites for hydroxylation is 3. The van der Waals surface area contributed by atoms with Crippen LogP contribution in [0.25, 0.3) is 0 Å². The molecule has 6 heteroatoms. The number of hydrogen-bond acceptors (Lipinski definition) is 3. The first-order valence-corrected chi connectivity index (χ1v) is 9.98. The Morgan fingerprint density at radius 1 is 1.03 bits per heavy atom. The van der Waals surface area contributed by atoms with Crippen LogP contribution < -0.4 is 11.1 Å². The highest BCUT2D eigenvalue weighted by Crippen LogP contribution is 2.21. The average molecular weight is 408 g/mol. The normalized spacial score (nSPS) is 10.7. The lowest BCUT2D eigenvalue weighted by atomic mass is 9.91. The minimum Gasteiger partial charge on any atom is -0.467 e. The van der Waals surface area contributed by atoms with Gasteiger partial charge in [0.1, 0.15) is 11.6 Å². The third-order valence-electron chi connectivity index (χ3n) is 4.91. The Hall–Kier alpha value is -3.41. The van der Waals surface area contributed by atoms with Gasteiger partial charge >= 0.3 is 0 Å². The summed E-state index contributed by atoms with van der Waals surface area (Å²) in [5, 5.41) is 2.79. The molecule has 0 atom stereocenters. The Balaban J connectivity index is 1.87. The molecule has 0 aliphatic rings. The molecule has 5 nitrogen and oxygen atoms in total. The molecule has 2 amide bonds. The molecule has 0 bridgehead atoms. The maximum atomic E-state index is 13.1. The summed E-state index contributed by atoms with van der Waals surface area (Å²) < 4.78 is 18.4. The lowest BCUT2D eigenvalue weighted by Crippen LogP contribution is -2.27. The Morgan fingerprint density at radius 2 is 1.77 bits per heavy atom. The summed E-state index contributed by atoms with van der Waals surface area (Å²) in [6.45, 7) is 2.22. The van der Waals surface area contributed by atoms with Gasteiger partial charge in [0.05, 0.1) is 23.9 Å². The second-order valence-corrected chi connectivity index (χ2v) is 7.18. The molecule has 1 aromatic heterocycles. The van der Waals surface area contributed by atoms with Crippen LogP contribution in [-0.2, 0) is 25.8 Å². The zero-order valence-electron chi connectivity index (χ0n) is 16.9. The van der Waals surface area contributed by atoms with E-state index in [9.17, 15) is 14.0 Å². The molecule has 3 rings (SSSR count). The number of amides is 2. The standard InChI is InChI=1S/C24H25FN2O3/c1-2-4-18-13-17(7-6-16-8-10-19(25)11-9-16)14-21(22(18)23(26)28)24(29)27-15-20-5-3-12-30-20/h3,5,8-14H,2,4,6-7,15H2,1H3,(H2,26,28)(H,27,29). The summed E-state index contributed by atoms with van der Waals surface area (Å²) in [7, 11) is 0. The van der Waals surface area contributed by atoms with Crippen molar-refractivity contribution in [1.82, 2.24) is 5.32 Å². The quantitative estimate of drug-likeness (QED) is 0.557. The van der Waals surface area contributed by atoms with Gasteiger partial charge in [-0.25, -0.2) is 4.39 Å². The molecule has 156 valence electrons. The van der Waals surface area contributed by atoms with Crippen molar-refractivity contribution in [2.75, 3.05) is 0 Å². The number of hydrogen-bond donors (Lipinski definition) is 2. The highest BCUT2D eigenvalue weighted by molar-refractivity contribution is 6.07. The summed E-state index contributed by atoms with van der Waals surface area (Å²) >= 11 is 0. The summed E-state index contributed by atoms with van der Waals surface area (Å²) in [5.74, 6) is -0.650. The number of rotatable bonds is 9. The minimum atomic E-state index is -0.619. The van der Waals surface area contributed by atoms with E-state index in [0.717, 1.165) is 23.1 Å². The Kier molecular flexibility index (Phi) is 7.01. The second-order valence-electron chi connectivity index (χ2n) is 7.18. The zero-order valence-corrected chi connectivity index (χ0v) is 16.9. The van der Waals surface area contributed by atoms with Crippen molar-refractivity contribution in [3.63, 3.8) is 0 Å². The van der Waals surface area contributed by atoms with Crippen LogP contribution >= 0.6 is 0 Å². The van der Waals surface area contributed by atoms with E-state index in [-0.39, 0.29) is 29.4 Å². The molecule has 0 spiro atoms. The number of halogens is 1. The number of nitrogens with two attached hydrogens (primary N) is 1. The first-order valence-electron chi connectivity index (χ1n) is 9.98. The van der Waals surface area contributed by atoms with Crippen molar-refractivity contribution in [2.24, 2.45) is 5.73 Å². The molecule has 2 aromatic carbocycles. The molecule has 0 fully saturated rings. The highest BCUT2D eigenvalue weighted by Gasteiger charge is 2.20. The smallest absolute Gasteiger partial charge is 0.252 e. The largest absolute Gasteiger partial charge is 0.467 e. The maximum Gasteiger partial charge on any atom is 0.252 e.